The number of hydrogen-bond donors (Lipinski definition) is 0. The maximum atomic E-state index is 12.8. The number of nitrogens with zero attached hydrogens (tertiary/aromatic N) is 4. The van der Waals surface area contributed by atoms with Gasteiger partial charge < -0.3 is 4.74 Å². The first-order valence-corrected chi connectivity index (χ1v) is 6.76. The zero-order valence-corrected chi connectivity index (χ0v) is 12.4. The van der Waals surface area contributed by atoms with Crippen LogP contribution >= 0.6 is 0 Å². The van der Waals surface area contributed by atoms with Gasteiger partial charge in [-0.1, -0.05) is 17.2 Å². The molecule has 0 amide bonds. The Labute approximate surface area is 134 Å². The van der Waals surface area contributed by atoms with Gasteiger partial charge in [0.15, 0.2) is 0 Å². The van der Waals surface area contributed by atoms with Crippen molar-refractivity contribution >= 4 is 11.7 Å². The van der Waals surface area contributed by atoms with Gasteiger partial charge in [-0.3, -0.25) is 4.98 Å². The van der Waals surface area contributed by atoms with E-state index in [1.807, 2.05) is 0 Å². The van der Waals surface area contributed by atoms with Gasteiger partial charge in [0.25, 0.3) is 0 Å². The van der Waals surface area contributed by atoms with Crippen LogP contribution in [0.15, 0.2) is 41.6 Å². The predicted molar refractivity (Wildman–Crippen MR) is 79.4 cm³/mol. The number of rotatable bonds is 4. The molecule has 0 spiro atoms. The summed E-state index contributed by atoms with van der Waals surface area (Å²) in [5.41, 5.74) is 7.95. The molecule has 0 atom stereocenters. The molecule has 0 saturated carbocycles. The number of halogens is 3. The summed E-state index contributed by atoms with van der Waals surface area (Å²) in [6.07, 6.45) is -3.38. The smallest absolute Gasteiger partial charge is 0.416 e. The number of benzene rings is 1. The molecule has 0 fully saturated rings. The van der Waals surface area contributed by atoms with E-state index in [0.29, 0.717) is 0 Å². The van der Waals surface area contributed by atoms with Crippen molar-refractivity contribution in [3.05, 3.63) is 58.1 Å². The normalized spacial score (nSPS) is 10.8. The third kappa shape index (κ3) is 3.82. The molecule has 0 radical (unpaired) electrons. The maximum absolute atomic E-state index is 12.8. The van der Waals surface area contributed by atoms with Gasteiger partial charge in [0.1, 0.15) is 0 Å². The molecule has 2 aromatic rings. The monoisotopic (exact) mass is 336 g/mol. The molecule has 0 unspecified atom stereocenters. The van der Waals surface area contributed by atoms with E-state index in [9.17, 15) is 18.0 Å². The Bertz CT molecular complexity index is 815. The van der Waals surface area contributed by atoms with Crippen LogP contribution in [0.25, 0.3) is 21.7 Å². The number of ether oxygens (including phenoxy) is 1. The summed E-state index contributed by atoms with van der Waals surface area (Å²) in [5.74, 6) is -0.733. The quantitative estimate of drug-likeness (QED) is 0.345. The van der Waals surface area contributed by atoms with Gasteiger partial charge in [-0.15, -0.1) is 0 Å². The molecule has 24 heavy (non-hydrogen) atoms. The molecular formula is C15H11F3N4O2. The third-order valence-electron chi connectivity index (χ3n) is 3.02. The Morgan fingerprint density at radius 2 is 2.12 bits per heavy atom. The van der Waals surface area contributed by atoms with Crippen LogP contribution in [-0.2, 0) is 10.9 Å². The molecule has 0 aliphatic rings. The second-order valence-electron chi connectivity index (χ2n) is 4.58. The van der Waals surface area contributed by atoms with Crippen molar-refractivity contribution in [2.45, 2.75) is 13.1 Å². The van der Waals surface area contributed by atoms with Gasteiger partial charge in [0, 0.05) is 16.7 Å². The molecule has 0 bridgehead atoms. The van der Waals surface area contributed by atoms with Crippen molar-refractivity contribution in [1.82, 2.24) is 4.98 Å². The Morgan fingerprint density at radius 1 is 1.38 bits per heavy atom. The van der Waals surface area contributed by atoms with Crippen LogP contribution in [0.5, 0.6) is 0 Å². The van der Waals surface area contributed by atoms with Crippen LogP contribution < -0.4 is 0 Å². The van der Waals surface area contributed by atoms with E-state index in [1.54, 1.807) is 6.92 Å². The number of pyridine rings is 1. The fraction of sp³-hybridized carbons (Fsp3) is 0.200. The summed E-state index contributed by atoms with van der Waals surface area (Å²) in [6.45, 7) is 1.72. The van der Waals surface area contributed by atoms with Crippen LogP contribution in [-0.4, -0.2) is 17.6 Å². The number of carbonyl (C=O) groups excluding carboxylic acids is 1. The highest BCUT2D eigenvalue weighted by Gasteiger charge is 2.30. The first-order chi connectivity index (χ1) is 11.4. The van der Waals surface area contributed by atoms with Crippen LogP contribution in [0.1, 0.15) is 22.8 Å². The number of alkyl halides is 3. The highest BCUT2D eigenvalue weighted by atomic mass is 19.4. The molecule has 2 rings (SSSR count). The van der Waals surface area contributed by atoms with Gasteiger partial charge in [-0.25, -0.2) is 4.79 Å². The van der Waals surface area contributed by atoms with Crippen LogP contribution in [0.3, 0.4) is 0 Å². The van der Waals surface area contributed by atoms with E-state index in [-0.39, 0.29) is 29.1 Å². The number of hydrogen-bond acceptors (Lipinski definition) is 4. The van der Waals surface area contributed by atoms with Gasteiger partial charge in [0.05, 0.1) is 29.1 Å². The fourth-order valence-corrected chi connectivity index (χ4v) is 1.95. The lowest BCUT2D eigenvalue weighted by Crippen LogP contribution is -2.06. The first kappa shape index (κ1) is 17.3. The highest BCUT2D eigenvalue weighted by Crippen LogP contribution is 2.33. The van der Waals surface area contributed by atoms with Crippen molar-refractivity contribution in [3.8, 4) is 11.3 Å². The van der Waals surface area contributed by atoms with Crippen LogP contribution in [0.2, 0.25) is 0 Å². The molecular weight excluding hydrogens is 325 g/mol. The molecule has 0 N–H and O–H groups in total. The number of carbonyl (C=O) groups is 1. The zero-order valence-electron chi connectivity index (χ0n) is 12.4. The Hall–Kier alpha value is -3.06. The van der Waals surface area contributed by atoms with Crippen molar-refractivity contribution in [2.24, 2.45) is 5.11 Å². The largest absolute Gasteiger partial charge is 0.462 e. The van der Waals surface area contributed by atoms with Crippen molar-refractivity contribution in [1.29, 1.82) is 0 Å². The molecule has 0 saturated heterocycles. The highest BCUT2D eigenvalue weighted by molar-refractivity contribution is 5.95. The minimum atomic E-state index is -4.49. The van der Waals surface area contributed by atoms with E-state index >= 15 is 0 Å². The molecule has 1 aromatic heterocycles. The minimum Gasteiger partial charge on any atom is -0.462 e. The SMILES string of the molecule is CCOC(=O)c1cnc(-c2cccc(C(F)(F)F)c2)cc1N=[N+]=[N-]. The molecule has 1 aromatic carbocycles. The molecule has 0 aliphatic heterocycles. The van der Waals surface area contributed by atoms with Crippen LogP contribution in [0, 0.1) is 0 Å². The fourth-order valence-electron chi connectivity index (χ4n) is 1.95. The van der Waals surface area contributed by atoms with Gasteiger partial charge in [-0.05, 0) is 30.7 Å². The van der Waals surface area contributed by atoms with Crippen molar-refractivity contribution in [2.75, 3.05) is 6.61 Å². The summed E-state index contributed by atoms with van der Waals surface area (Å²) < 4.78 is 43.2. The van der Waals surface area contributed by atoms with Gasteiger partial charge >= 0.3 is 12.1 Å². The Morgan fingerprint density at radius 3 is 2.75 bits per heavy atom. The van der Waals surface area contributed by atoms with E-state index in [4.69, 9.17) is 10.3 Å². The third-order valence-corrected chi connectivity index (χ3v) is 3.02. The predicted octanol–water partition coefficient (Wildman–Crippen LogP) is 4.89. The molecule has 124 valence electrons. The topological polar surface area (TPSA) is 88.0 Å². The molecule has 0 aliphatic carbocycles. The molecule has 9 heteroatoms. The second-order valence-corrected chi connectivity index (χ2v) is 4.58. The second kappa shape index (κ2) is 7.01. The van der Waals surface area contributed by atoms with E-state index < -0.39 is 17.7 Å². The Balaban J connectivity index is 2.51. The minimum absolute atomic E-state index is 0.0645. The average Bonchev–Trinajstić information content (AvgIpc) is 2.54. The standard InChI is InChI=1S/C15H11F3N4O2/c1-2-24-14(23)11-8-20-12(7-13(11)21-22-19)9-4-3-5-10(6-9)15(16,17)18/h3-8H,2H2,1H3. The summed E-state index contributed by atoms with van der Waals surface area (Å²) in [7, 11) is 0. The number of aromatic nitrogens is 1. The van der Waals surface area contributed by atoms with Crippen molar-refractivity contribution in [3.63, 3.8) is 0 Å². The lowest BCUT2D eigenvalue weighted by atomic mass is 10.1. The molecule has 6 nitrogen and oxygen atoms in total. The van der Waals surface area contributed by atoms with E-state index in [2.05, 4.69) is 15.0 Å². The first-order valence-electron chi connectivity index (χ1n) is 6.76. The summed E-state index contributed by atoms with van der Waals surface area (Å²) in [5, 5.41) is 3.38. The summed E-state index contributed by atoms with van der Waals surface area (Å²) in [4.78, 5) is 18.4. The zero-order chi connectivity index (χ0) is 17.7. The van der Waals surface area contributed by atoms with Crippen molar-refractivity contribution < 1.29 is 22.7 Å². The maximum Gasteiger partial charge on any atom is 0.416 e. The number of azide groups is 1. The van der Waals surface area contributed by atoms with E-state index in [0.717, 1.165) is 18.3 Å². The lowest BCUT2D eigenvalue weighted by Gasteiger charge is -2.10. The van der Waals surface area contributed by atoms with Gasteiger partial charge in [0.2, 0.25) is 0 Å². The molecule has 1 heterocycles. The average molecular weight is 336 g/mol. The Kier molecular flexibility index (Phi) is 5.05. The summed E-state index contributed by atoms with van der Waals surface area (Å²) in [6, 6.07) is 5.77. The van der Waals surface area contributed by atoms with Gasteiger partial charge in [-0.2, -0.15) is 13.2 Å². The summed E-state index contributed by atoms with van der Waals surface area (Å²) >= 11 is 0. The lowest BCUT2D eigenvalue weighted by molar-refractivity contribution is -0.137. The number of esters is 1. The van der Waals surface area contributed by atoms with Crippen LogP contribution in [0.4, 0.5) is 18.9 Å². The van der Waals surface area contributed by atoms with E-state index in [1.165, 1.54) is 18.2 Å².